The van der Waals surface area contributed by atoms with Gasteiger partial charge in [0.1, 0.15) is 0 Å². The average molecular weight is 665 g/mol. The van der Waals surface area contributed by atoms with Crippen LogP contribution in [0, 0.1) is 26.7 Å². The summed E-state index contributed by atoms with van der Waals surface area (Å²) in [6, 6.07) is 21.1. The molecule has 4 atom stereocenters. The van der Waals surface area contributed by atoms with Crippen molar-refractivity contribution in [2.24, 2.45) is 5.92 Å². The van der Waals surface area contributed by atoms with Crippen LogP contribution in [0.5, 0.6) is 0 Å². The van der Waals surface area contributed by atoms with E-state index in [0.717, 1.165) is 23.0 Å². The van der Waals surface area contributed by atoms with Gasteiger partial charge in [0, 0.05) is 0 Å². The molecule has 6 rings (SSSR count). The minimum atomic E-state index is -4.35. The smallest absolute Gasteiger partial charge is 0.166 e. The van der Waals surface area contributed by atoms with E-state index in [1.165, 1.54) is 106 Å². The van der Waals surface area contributed by atoms with E-state index in [0.29, 0.717) is 17.4 Å². The highest BCUT2D eigenvalue weighted by Crippen LogP contribution is 2.58. The fraction of sp³-hybridized carbons (Fsp3) is 0.561. The molecule has 0 N–H and O–H groups in total. The van der Waals surface area contributed by atoms with Crippen molar-refractivity contribution in [3.8, 4) is 0 Å². The molecule has 3 aliphatic carbocycles. The van der Waals surface area contributed by atoms with Gasteiger partial charge in [0.2, 0.25) is 0 Å². The first-order valence-electron chi connectivity index (χ1n) is 18.0. The van der Waals surface area contributed by atoms with Gasteiger partial charge in [-0.2, -0.15) is 13.2 Å². The van der Waals surface area contributed by atoms with Gasteiger partial charge in [-0.15, -0.1) is 0 Å². The van der Waals surface area contributed by atoms with Crippen molar-refractivity contribution in [3.05, 3.63) is 88.5 Å². The predicted molar refractivity (Wildman–Crippen MR) is 195 cm³/mol. The van der Waals surface area contributed by atoms with E-state index in [1.54, 1.807) is 10.9 Å². The van der Waals surface area contributed by atoms with Crippen molar-refractivity contribution < 1.29 is 13.2 Å². The molecule has 0 radical (unpaired) electrons. The summed E-state index contributed by atoms with van der Waals surface area (Å²) in [7, 11) is -1.22. The number of aryl methyl sites for hydroxylation is 3. The Bertz CT molecular complexity index is 1430. The minimum absolute atomic E-state index is 0.220. The van der Waals surface area contributed by atoms with Crippen LogP contribution in [0.15, 0.2) is 60.7 Å². The summed E-state index contributed by atoms with van der Waals surface area (Å²) >= 11 is 0. The quantitative estimate of drug-likeness (QED) is 0.210. The highest BCUT2D eigenvalue weighted by atomic mass is 31.1. The Kier molecular flexibility index (Phi) is 11.0. The Balaban J connectivity index is 1.42. The molecule has 3 aliphatic rings. The van der Waals surface area contributed by atoms with Gasteiger partial charge in [-0.25, -0.2) is 0 Å². The summed E-state index contributed by atoms with van der Waals surface area (Å²) in [4.78, 5) is 0. The highest BCUT2D eigenvalue weighted by Gasteiger charge is 2.41. The summed E-state index contributed by atoms with van der Waals surface area (Å²) in [6.07, 6.45) is 13.1. The lowest BCUT2D eigenvalue weighted by molar-refractivity contribution is -0.137. The molecule has 46 heavy (non-hydrogen) atoms. The van der Waals surface area contributed by atoms with Crippen LogP contribution in [0.4, 0.5) is 13.2 Å². The van der Waals surface area contributed by atoms with Crippen LogP contribution in [-0.4, -0.2) is 17.0 Å². The second-order valence-electron chi connectivity index (χ2n) is 14.8. The maximum absolute atomic E-state index is 14.2. The Morgan fingerprint density at radius 2 is 1.17 bits per heavy atom. The first-order valence-corrected chi connectivity index (χ1v) is 20.9. The maximum atomic E-state index is 14.2. The molecule has 0 nitrogen and oxygen atoms in total. The Morgan fingerprint density at radius 1 is 0.630 bits per heavy atom. The van der Waals surface area contributed by atoms with Gasteiger partial charge in [-0.3, -0.25) is 0 Å². The number of alkyl halides is 3. The van der Waals surface area contributed by atoms with Crippen LogP contribution in [0.1, 0.15) is 124 Å². The first-order chi connectivity index (χ1) is 22.1. The lowest BCUT2D eigenvalue weighted by atomic mass is 9.87. The fourth-order valence-corrected chi connectivity index (χ4v) is 16.7. The number of halogens is 3. The maximum Gasteiger partial charge on any atom is 0.416 e. The van der Waals surface area contributed by atoms with Crippen LogP contribution >= 0.6 is 15.8 Å². The van der Waals surface area contributed by atoms with Gasteiger partial charge in [0.15, 0.2) is 0 Å². The largest absolute Gasteiger partial charge is 0.416 e. The normalized spacial score (nSPS) is 23.1. The molecule has 0 spiro atoms. The zero-order chi connectivity index (χ0) is 32.4. The van der Waals surface area contributed by atoms with Gasteiger partial charge in [0.05, 0.1) is 5.56 Å². The van der Waals surface area contributed by atoms with Gasteiger partial charge in [0.25, 0.3) is 0 Å². The van der Waals surface area contributed by atoms with Crippen LogP contribution < -0.4 is 15.9 Å². The van der Waals surface area contributed by atoms with Crippen molar-refractivity contribution in [1.82, 2.24) is 0 Å². The molecule has 248 valence electrons. The number of hydrogen-bond donors (Lipinski definition) is 0. The molecular formula is C41H53F3P2. The third-order valence-corrected chi connectivity index (χ3v) is 17.7. The summed E-state index contributed by atoms with van der Waals surface area (Å²) < 4.78 is 42.5. The molecule has 3 aromatic carbocycles. The molecule has 0 heterocycles. The molecule has 0 aliphatic heterocycles. The van der Waals surface area contributed by atoms with E-state index in [4.69, 9.17) is 0 Å². The lowest BCUT2D eigenvalue weighted by Gasteiger charge is -2.41. The second kappa shape index (κ2) is 14.8. The molecule has 0 saturated heterocycles. The fourth-order valence-electron chi connectivity index (χ4n) is 9.36. The number of benzene rings is 3. The average Bonchev–Trinajstić information content (AvgIpc) is 3.52. The van der Waals surface area contributed by atoms with E-state index in [-0.39, 0.29) is 13.6 Å². The summed E-state index contributed by atoms with van der Waals surface area (Å²) in [6.45, 7) is 8.46. The zero-order valence-electron chi connectivity index (χ0n) is 28.4. The molecule has 3 fully saturated rings. The lowest BCUT2D eigenvalue weighted by Crippen LogP contribution is -2.32. The van der Waals surface area contributed by atoms with E-state index in [2.05, 4.69) is 69.3 Å². The van der Waals surface area contributed by atoms with Gasteiger partial charge < -0.3 is 0 Å². The van der Waals surface area contributed by atoms with Crippen LogP contribution in [0.3, 0.4) is 0 Å². The predicted octanol–water partition coefficient (Wildman–Crippen LogP) is 11.8. The number of rotatable bonds is 8. The van der Waals surface area contributed by atoms with Crippen LogP contribution in [0.2, 0.25) is 0 Å². The Hall–Kier alpha value is -1.69. The molecule has 5 heteroatoms. The van der Waals surface area contributed by atoms with Crippen LogP contribution in [-0.2, 0) is 6.18 Å². The van der Waals surface area contributed by atoms with E-state index in [9.17, 15) is 13.2 Å². The molecule has 3 aromatic rings. The van der Waals surface area contributed by atoms with Crippen LogP contribution in [0.25, 0.3) is 0 Å². The standard InChI is InChI=1S/C41H53F3P2/c1-28-22-29(2)25-35(24-28)45(36-26-30(3)23-32(27-36)41(42,43)44)31(4)37-19-13-20-38(37)39-18-11-12-21-40(39)46(33-14-7-5-8-15-33)34-16-9-6-10-17-34/h11-12,18,21-27,31,33-34,37-38H,5-10,13-17,19-20H2,1-4H3. The third-order valence-electron chi connectivity index (χ3n) is 11.3. The molecule has 3 saturated carbocycles. The third kappa shape index (κ3) is 7.62. The highest BCUT2D eigenvalue weighted by molar-refractivity contribution is 7.73. The summed E-state index contributed by atoms with van der Waals surface area (Å²) in [5.74, 6) is 0.934. The van der Waals surface area contributed by atoms with Crippen molar-refractivity contribution in [1.29, 1.82) is 0 Å². The molecular weight excluding hydrogens is 611 g/mol. The Labute approximate surface area is 278 Å². The molecule has 0 aromatic heterocycles. The van der Waals surface area contributed by atoms with Crippen molar-refractivity contribution >= 4 is 31.8 Å². The molecule has 4 unspecified atom stereocenters. The van der Waals surface area contributed by atoms with Crippen molar-refractivity contribution in [3.63, 3.8) is 0 Å². The summed E-state index contributed by atoms with van der Waals surface area (Å²) in [5.41, 5.74) is 6.16. The minimum Gasteiger partial charge on any atom is -0.166 e. The van der Waals surface area contributed by atoms with Gasteiger partial charge in [-0.05, 0) is 135 Å². The van der Waals surface area contributed by atoms with Gasteiger partial charge >= 0.3 is 6.18 Å². The van der Waals surface area contributed by atoms with E-state index in [1.807, 2.05) is 6.92 Å². The Morgan fingerprint density at radius 3 is 1.76 bits per heavy atom. The number of hydrogen-bond acceptors (Lipinski definition) is 0. The van der Waals surface area contributed by atoms with Crippen molar-refractivity contribution in [2.45, 2.75) is 140 Å². The first kappa shape index (κ1) is 34.2. The topological polar surface area (TPSA) is 0 Å². The molecule has 0 amide bonds. The molecule has 0 bridgehead atoms. The monoisotopic (exact) mass is 664 g/mol. The summed E-state index contributed by atoms with van der Waals surface area (Å²) in [5, 5.41) is 3.81. The second-order valence-corrected chi connectivity index (χ2v) is 20.1. The van der Waals surface area contributed by atoms with Crippen molar-refractivity contribution in [2.75, 3.05) is 0 Å². The van der Waals surface area contributed by atoms with E-state index < -0.39 is 19.7 Å². The zero-order valence-corrected chi connectivity index (χ0v) is 30.2. The van der Waals surface area contributed by atoms with Gasteiger partial charge in [-0.1, -0.05) is 119 Å². The SMILES string of the molecule is Cc1cc(C)cc(P(c2cc(C)cc(C(F)(F)F)c2)C(C)C2CCCC2c2ccccc2P(C2CCCCC2)C2CCCCC2)c1. The van der Waals surface area contributed by atoms with E-state index >= 15 is 0 Å².